The van der Waals surface area contributed by atoms with Crippen molar-refractivity contribution in [3.8, 4) is 44.5 Å². The van der Waals surface area contributed by atoms with Crippen molar-refractivity contribution in [1.29, 1.82) is 0 Å². The molecule has 0 heterocycles. The lowest BCUT2D eigenvalue weighted by Crippen LogP contribution is -2.43. The fourth-order valence-corrected chi connectivity index (χ4v) is 7.71. The van der Waals surface area contributed by atoms with Crippen LogP contribution in [0.1, 0.15) is 38.8 Å². The summed E-state index contributed by atoms with van der Waals surface area (Å²) in [5.41, 5.74) is 16.0. The van der Waals surface area contributed by atoms with Crippen LogP contribution in [0.15, 0.2) is 176 Å². The average Bonchev–Trinajstić information content (AvgIpc) is 3.15. The number of fused-ring (bicyclic) bond motifs is 3. The first-order valence-electron chi connectivity index (χ1n) is 17.3. The number of benzene rings is 7. The number of hydrogen-bond donors (Lipinski definition) is 0. The molecule has 7 aromatic rings. The number of nitrogens with zero attached hydrogens (tertiary/aromatic N) is 1. The van der Waals surface area contributed by atoms with Crippen molar-refractivity contribution >= 4 is 17.1 Å². The molecule has 0 fully saturated rings. The van der Waals surface area contributed by atoms with Crippen molar-refractivity contribution in [3.63, 3.8) is 0 Å². The molecule has 1 aliphatic rings. The largest absolute Gasteiger partial charge is 0.309 e. The first-order chi connectivity index (χ1) is 23.8. The Hall–Kier alpha value is -5.66. The van der Waals surface area contributed by atoms with Gasteiger partial charge in [-0.1, -0.05) is 173 Å². The molecule has 0 saturated carbocycles. The van der Waals surface area contributed by atoms with Crippen molar-refractivity contribution in [2.45, 2.75) is 38.5 Å². The van der Waals surface area contributed by atoms with E-state index in [-0.39, 0.29) is 10.8 Å². The molecule has 1 aliphatic carbocycles. The van der Waals surface area contributed by atoms with Crippen LogP contribution in [0, 0.1) is 0 Å². The number of hydrogen-bond acceptors (Lipinski definition) is 1. The highest BCUT2D eigenvalue weighted by atomic mass is 15.1. The first kappa shape index (κ1) is 30.7. The predicted octanol–water partition coefficient (Wildman–Crippen LogP) is 13.4. The highest BCUT2D eigenvalue weighted by Crippen LogP contribution is 2.54. The SMILES string of the molecule is CC1(C)c2ccccc2-c2ccc(-c3cccc(N(c4ccccc4-c4ccccc4)c4ccccc4-c4ccccc4)c3)cc2C1(C)C. The molecule has 0 unspecified atom stereocenters. The maximum absolute atomic E-state index is 2.45. The third kappa shape index (κ3) is 5.18. The van der Waals surface area contributed by atoms with E-state index >= 15 is 0 Å². The summed E-state index contributed by atoms with van der Waals surface area (Å²) in [4.78, 5) is 2.44. The van der Waals surface area contributed by atoms with Crippen molar-refractivity contribution in [3.05, 3.63) is 187 Å². The van der Waals surface area contributed by atoms with Crippen molar-refractivity contribution in [2.75, 3.05) is 4.90 Å². The summed E-state index contributed by atoms with van der Waals surface area (Å²) in [5, 5.41) is 0. The van der Waals surface area contributed by atoms with E-state index in [0.717, 1.165) is 17.1 Å². The van der Waals surface area contributed by atoms with Gasteiger partial charge in [-0.05, 0) is 85.7 Å². The van der Waals surface area contributed by atoms with Crippen LogP contribution in [-0.2, 0) is 10.8 Å². The van der Waals surface area contributed by atoms with Gasteiger partial charge in [-0.2, -0.15) is 0 Å². The average molecular weight is 632 g/mol. The lowest BCUT2D eigenvalue weighted by atomic mass is 9.55. The molecule has 1 nitrogen and oxygen atoms in total. The second-order valence-electron chi connectivity index (χ2n) is 14.2. The molecule has 238 valence electrons. The van der Waals surface area contributed by atoms with E-state index in [1.54, 1.807) is 0 Å². The quantitative estimate of drug-likeness (QED) is 0.176. The molecule has 0 radical (unpaired) electrons. The number of rotatable bonds is 6. The third-order valence-corrected chi connectivity index (χ3v) is 11.0. The molecule has 0 bridgehead atoms. The van der Waals surface area contributed by atoms with E-state index < -0.39 is 0 Å². The molecule has 0 saturated heterocycles. The predicted molar refractivity (Wildman–Crippen MR) is 209 cm³/mol. The monoisotopic (exact) mass is 631 g/mol. The van der Waals surface area contributed by atoms with Gasteiger partial charge < -0.3 is 4.90 Å². The summed E-state index contributed by atoms with van der Waals surface area (Å²) in [6.07, 6.45) is 0. The molecule has 0 aliphatic heterocycles. The summed E-state index contributed by atoms with van der Waals surface area (Å²) in [6.45, 7) is 9.61. The molecular formula is C48H41N. The molecule has 7 aromatic carbocycles. The van der Waals surface area contributed by atoms with Crippen molar-refractivity contribution in [2.24, 2.45) is 0 Å². The second kappa shape index (κ2) is 12.1. The molecule has 0 amide bonds. The van der Waals surface area contributed by atoms with Gasteiger partial charge in [0.25, 0.3) is 0 Å². The Bertz CT molecular complexity index is 2190. The third-order valence-electron chi connectivity index (χ3n) is 11.0. The highest BCUT2D eigenvalue weighted by Gasteiger charge is 2.45. The minimum Gasteiger partial charge on any atom is -0.309 e. The second-order valence-corrected chi connectivity index (χ2v) is 14.2. The molecule has 1 heteroatoms. The zero-order valence-corrected chi connectivity index (χ0v) is 28.7. The summed E-state index contributed by atoms with van der Waals surface area (Å²) in [7, 11) is 0. The summed E-state index contributed by atoms with van der Waals surface area (Å²) >= 11 is 0. The van der Waals surface area contributed by atoms with Gasteiger partial charge in [0.15, 0.2) is 0 Å². The summed E-state index contributed by atoms with van der Waals surface area (Å²) in [6, 6.07) is 64.1. The van der Waals surface area contributed by atoms with Gasteiger partial charge >= 0.3 is 0 Å². The van der Waals surface area contributed by atoms with Crippen LogP contribution in [0.25, 0.3) is 44.5 Å². The topological polar surface area (TPSA) is 3.24 Å². The molecule has 0 spiro atoms. The Balaban J connectivity index is 1.32. The van der Waals surface area contributed by atoms with Crippen molar-refractivity contribution in [1.82, 2.24) is 0 Å². The van der Waals surface area contributed by atoms with Gasteiger partial charge in [0.1, 0.15) is 0 Å². The van der Waals surface area contributed by atoms with Gasteiger partial charge in [-0.3, -0.25) is 0 Å². The fourth-order valence-electron chi connectivity index (χ4n) is 7.71. The normalized spacial score (nSPS) is 14.0. The van der Waals surface area contributed by atoms with Gasteiger partial charge in [0.2, 0.25) is 0 Å². The molecule has 0 aromatic heterocycles. The minimum absolute atomic E-state index is 0.0177. The van der Waals surface area contributed by atoms with Gasteiger partial charge in [0, 0.05) is 16.8 Å². The zero-order chi connectivity index (χ0) is 33.6. The molecular weight excluding hydrogens is 591 g/mol. The summed E-state index contributed by atoms with van der Waals surface area (Å²) < 4.78 is 0. The minimum atomic E-state index is -0.0560. The number of para-hydroxylation sites is 2. The van der Waals surface area contributed by atoms with Crippen LogP contribution >= 0.6 is 0 Å². The first-order valence-corrected chi connectivity index (χ1v) is 17.3. The van der Waals surface area contributed by atoms with Gasteiger partial charge in [-0.25, -0.2) is 0 Å². The lowest BCUT2D eigenvalue weighted by molar-refractivity contribution is 0.299. The van der Waals surface area contributed by atoms with E-state index in [1.165, 1.54) is 55.6 Å². The maximum atomic E-state index is 2.45. The Morgan fingerprint density at radius 1 is 0.327 bits per heavy atom. The summed E-state index contributed by atoms with van der Waals surface area (Å²) in [5.74, 6) is 0. The fraction of sp³-hybridized carbons (Fsp3) is 0.125. The lowest BCUT2D eigenvalue weighted by Gasteiger charge is -2.48. The zero-order valence-electron chi connectivity index (χ0n) is 28.7. The molecule has 49 heavy (non-hydrogen) atoms. The van der Waals surface area contributed by atoms with E-state index in [0.29, 0.717) is 0 Å². The number of anilines is 3. The maximum Gasteiger partial charge on any atom is 0.0540 e. The van der Waals surface area contributed by atoms with Crippen LogP contribution in [0.5, 0.6) is 0 Å². The standard InChI is InChI=1S/C48H41N/c1-47(2)43-27-14-11-26-41(43)42-31-30-37(33-44(42)48(47,3)4)36-22-17-23-38(32-36)49(45-28-15-12-24-39(45)34-18-7-5-8-19-34)46-29-16-13-25-40(46)35-20-9-6-10-21-35/h5-33H,1-4H3. The van der Waals surface area contributed by atoms with Crippen LogP contribution in [-0.4, -0.2) is 0 Å². The van der Waals surface area contributed by atoms with Gasteiger partial charge in [-0.15, -0.1) is 0 Å². The Labute approximate surface area is 291 Å². The van der Waals surface area contributed by atoms with E-state index in [1.807, 2.05) is 0 Å². The van der Waals surface area contributed by atoms with Crippen LogP contribution in [0.4, 0.5) is 17.1 Å². The van der Waals surface area contributed by atoms with E-state index in [2.05, 4.69) is 209 Å². The van der Waals surface area contributed by atoms with Crippen molar-refractivity contribution < 1.29 is 0 Å². The Morgan fingerprint density at radius 3 is 1.39 bits per heavy atom. The van der Waals surface area contributed by atoms with E-state index in [9.17, 15) is 0 Å². The Morgan fingerprint density at radius 2 is 0.776 bits per heavy atom. The molecule has 8 rings (SSSR count). The van der Waals surface area contributed by atoms with Crippen LogP contribution in [0.2, 0.25) is 0 Å². The van der Waals surface area contributed by atoms with Gasteiger partial charge in [0.05, 0.1) is 11.4 Å². The van der Waals surface area contributed by atoms with Crippen LogP contribution in [0.3, 0.4) is 0 Å². The Kier molecular flexibility index (Phi) is 7.57. The smallest absolute Gasteiger partial charge is 0.0540 e. The highest BCUT2D eigenvalue weighted by molar-refractivity contribution is 5.94. The van der Waals surface area contributed by atoms with E-state index in [4.69, 9.17) is 0 Å². The molecule has 0 N–H and O–H groups in total. The molecule has 0 atom stereocenters. The van der Waals surface area contributed by atoms with Crippen LogP contribution < -0.4 is 4.90 Å².